The third kappa shape index (κ3) is 36.6. The molecule has 0 heterocycles. The zero-order valence-electron chi connectivity index (χ0n) is 32.7. The van der Waals surface area contributed by atoms with Gasteiger partial charge >= 0.3 is 19.8 Å². The topological polar surface area (TPSA) is 180 Å². The van der Waals surface area contributed by atoms with Gasteiger partial charge in [-0.2, -0.15) is 0 Å². The Bertz CT molecular complexity index is 1050. The van der Waals surface area contributed by atoms with Gasteiger partial charge in [0.25, 0.3) is 0 Å². The van der Waals surface area contributed by atoms with Gasteiger partial charge in [0.2, 0.25) is 0 Å². The summed E-state index contributed by atoms with van der Waals surface area (Å²) in [5, 5.41) is 30.3. The smallest absolute Gasteiger partial charge is 0.462 e. The molecule has 0 saturated carbocycles. The lowest BCUT2D eigenvalue weighted by Gasteiger charge is -2.19. The lowest BCUT2D eigenvalue weighted by Crippen LogP contribution is -2.29. The second-order valence-corrected chi connectivity index (χ2v) is 15.1. The summed E-state index contributed by atoms with van der Waals surface area (Å²) in [6.45, 7) is 3.29. The number of carbonyl (C=O) groups is 2. The first-order valence-corrected chi connectivity index (χ1v) is 21.8. The Morgan fingerprint density at radius 1 is 0.566 bits per heavy atom. The zero-order valence-corrected chi connectivity index (χ0v) is 33.6. The van der Waals surface area contributed by atoms with E-state index < -0.39 is 57.4 Å². The number of hydrogen-bond acceptors (Lipinski definition) is 9. The number of ether oxygens (including phenoxy) is 2. The summed E-state index contributed by atoms with van der Waals surface area (Å²) in [5.41, 5.74) is 0. The predicted molar refractivity (Wildman–Crippen MR) is 211 cm³/mol. The molecule has 0 aliphatic heterocycles. The van der Waals surface area contributed by atoms with Crippen molar-refractivity contribution >= 4 is 19.8 Å². The Morgan fingerprint density at radius 2 is 1.04 bits per heavy atom. The highest BCUT2D eigenvalue weighted by atomic mass is 31.2. The number of phosphoric ester groups is 1. The number of phosphoric acid groups is 1. The van der Waals surface area contributed by atoms with Crippen molar-refractivity contribution in [3.05, 3.63) is 48.6 Å². The highest BCUT2D eigenvalue weighted by molar-refractivity contribution is 7.46. The maximum atomic E-state index is 12.4. The van der Waals surface area contributed by atoms with Gasteiger partial charge in [-0.15, -0.1) is 0 Å². The third-order valence-electron chi connectivity index (χ3n) is 8.72. The van der Waals surface area contributed by atoms with E-state index in [2.05, 4.69) is 18.4 Å². The molecule has 0 aromatic carbocycles. The summed E-state index contributed by atoms with van der Waals surface area (Å²) in [7, 11) is -4.85. The molecule has 0 amide bonds. The van der Waals surface area contributed by atoms with Crippen LogP contribution in [-0.4, -0.2) is 74.7 Å². The Balaban J connectivity index is 4.29. The van der Waals surface area contributed by atoms with Gasteiger partial charge in [0.05, 0.1) is 24.9 Å². The first-order chi connectivity index (χ1) is 25.5. The van der Waals surface area contributed by atoms with Crippen molar-refractivity contribution in [2.24, 2.45) is 0 Å². The van der Waals surface area contributed by atoms with E-state index in [-0.39, 0.29) is 25.7 Å². The summed E-state index contributed by atoms with van der Waals surface area (Å²) >= 11 is 0. The van der Waals surface area contributed by atoms with Crippen molar-refractivity contribution in [1.82, 2.24) is 0 Å². The molecule has 0 bridgehead atoms. The fraction of sp³-hybridized carbons (Fsp3) is 0.756. The van der Waals surface area contributed by atoms with E-state index in [9.17, 15) is 29.5 Å². The molecular weight excluding hydrogens is 699 g/mol. The molecule has 0 fully saturated rings. The van der Waals surface area contributed by atoms with Gasteiger partial charge in [0.1, 0.15) is 6.61 Å². The van der Waals surface area contributed by atoms with Crippen molar-refractivity contribution < 1.29 is 53.3 Å². The SMILES string of the molecule is CCCCCCCCCCCCCCCCCC(=O)OC[C@H](COP(=O)(O)O)OC(=O)CCC[C@H](O)[C@@H](O)/C=C/C=C/C=C\C=C\[C@@H](O)CCCCC. The minimum absolute atomic E-state index is 0.0908. The molecule has 0 saturated heterocycles. The summed E-state index contributed by atoms with van der Waals surface area (Å²) < 4.78 is 26.1. The molecule has 0 unspecified atom stereocenters. The van der Waals surface area contributed by atoms with Crippen LogP contribution in [-0.2, 0) is 28.2 Å². The number of rotatable bonds is 36. The van der Waals surface area contributed by atoms with E-state index in [1.807, 2.05) is 0 Å². The number of esters is 2. The standard InChI is InChI=1S/C41H73O11P/c1-3-5-7-8-9-10-11-12-13-14-15-16-17-22-26-32-40(45)50-34-37(35-51-53(47,48)49)52-41(46)33-27-31-39(44)38(43)30-25-21-19-18-20-24-29-36(42)28-23-6-4-2/h18-21,24-25,29-30,36-39,42-44H,3-17,22-23,26-28,31-35H2,1-2H3,(H2,47,48,49)/b20-18-,21-19+,29-24+,30-25+/t36-,37+,38-,39-/m0/s1. The molecule has 11 nitrogen and oxygen atoms in total. The maximum Gasteiger partial charge on any atom is 0.469 e. The molecule has 0 radical (unpaired) electrons. The Morgan fingerprint density at radius 3 is 1.58 bits per heavy atom. The van der Waals surface area contributed by atoms with Crippen molar-refractivity contribution in [3.63, 3.8) is 0 Å². The molecule has 0 aromatic rings. The lowest BCUT2D eigenvalue weighted by atomic mass is 10.0. The molecule has 308 valence electrons. The van der Waals surface area contributed by atoms with E-state index in [1.54, 1.807) is 42.5 Å². The number of aliphatic hydroxyl groups is 3. The third-order valence-corrected chi connectivity index (χ3v) is 9.20. The Labute approximate surface area is 320 Å². The minimum Gasteiger partial charge on any atom is -0.462 e. The average molecular weight is 773 g/mol. The number of hydrogen-bond donors (Lipinski definition) is 5. The summed E-state index contributed by atoms with van der Waals surface area (Å²) in [6.07, 6.45) is 32.0. The first-order valence-electron chi connectivity index (χ1n) is 20.3. The van der Waals surface area contributed by atoms with Crippen LogP contribution in [0, 0.1) is 0 Å². The molecule has 12 heteroatoms. The van der Waals surface area contributed by atoms with Crippen LogP contribution in [0.1, 0.15) is 162 Å². The van der Waals surface area contributed by atoms with Gasteiger partial charge in [-0.25, -0.2) is 4.57 Å². The molecule has 0 aromatic heterocycles. The van der Waals surface area contributed by atoms with Crippen LogP contribution in [0.4, 0.5) is 0 Å². The van der Waals surface area contributed by atoms with Gasteiger partial charge in [-0.05, 0) is 25.7 Å². The van der Waals surface area contributed by atoms with Crippen molar-refractivity contribution in [1.29, 1.82) is 0 Å². The summed E-state index contributed by atoms with van der Waals surface area (Å²) in [4.78, 5) is 42.8. The lowest BCUT2D eigenvalue weighted by molar-refractivity contribution is -0.161. The quantitative estimate of drug-likeness (QED) is 0.0178. The molecule has 0 rings (SSSR count). The Kier molecular flexibility index (Phi) is 34.2. The number of aliphatic hydroxyl groups excluding tert-OH is 3. The number of unbranched alkanes of at least 4 members (excludes halogenated alkanes) is 16. The van der Waals surface area contributed by atoms with Crippen molar-refractivity contribution in [3.8, 4) is 0 Å². The summed E-state index contributed by atoms with van der Waals surface area (Å²) in [5.74, 6) is -1.21. The van der Waals surface area contributed by atoms with Gasteiger partial charge in [-0.1, -0.05) is 172 Å². The number of carbonyl (C=O) groups excluding carboxylic acids is 2. The zero-order chi connectivity index (χ0) is 39.4. The fourth-order valence-corrected chi connectivity index (χ4v) is 5.88. The van der Waals surface area contributed by atoms with E-state index in [1.165, 1.54) is 76.7 Å². The van der Waals surface area contributed by atoms with Crippen LogP contribution in [0.3, 0.4) is 0 Å². The van der Waals surface area contributed by atoms with Gasteiger partial charge in [0, 0.05) is 12.8 Å². The van der Waals surface area contributed by atoms with Gasteiger partial charge in [-0.3, -0.25) is 14.1 Å². The Hall–Kier alpha value is -2.11. The van der Waals surface area contributed by atoms with Crippen molar-refractivity contribution in [2.45, 2.75) is 186 Å². The molecule has 53 heavy (non-hydrogen) atoms. The average Bonchev–Trinajstić information content (AvgIpc) is 3.11. The molecule has 0 aliphatic rings. The van der Waals surface area contributed by atoms with Crippen LogP contribution in [0.2, 0.25) is 0 Å². The van der Waals surface area contributed by atoms with Crippen molar-refractivity contribution in [2.75, 3.05) is 13.2 Å². The van der Waals surface area contributed by atoms with E-state index >= 15 is 0 Å². The second kappa shape index (κ2) is 35.6. The normalized spacial score (nSPS) is 14.8. The van der Waals surface area contributed by atoms with Crippen LogP contribution in [0.15, 0.2) is 48.6 Å². The molecule has 0 aliphatic carbocycles. The first kappa shape index (κ1) is 50.9. The van der Waals surface area contributed by atoms with Gasteiger partial charge < -0.3 is 34.6 Å². The minimum atomic E-state index is -4.85. The van der Waals surface area contributed by atoms with Crippen LogP contribution < -0.4 is 0 Å². The molecule has 5 N–H and O–H groups in total. The monoisotopic (exact) mass is 772 g/mol. The maximum absolute atomic E-state index is 12.4. The highest BCUT2D eigenvalue weighted by Crippen LogP contribution is 2.36. The van der Waals surface area contributed by atoms with Crippen LogP contribution in [0.25, 0.3) is 0 Å². The number of allylic oxidation sites excluding steroid dienone is 6. The molecular formula is C41H73O11P. The molecule has 4 atom stereocenters. The highest BCUT2D eigenvalue weighted by Gasteiger charge is 2.23. The van der Waals surface area contributed by atoms with E-state index in [0.717, 1.165) is 44.9 Å². The van der Waals surface area contributed by atoms with Crippen LogP contribution >= 0.6 is 7.82 Å². The fourth-order valence-electron chi connectivity index (χ4n) is 5.52. The second-order valence-electron chi connectivity index (χ2n) is 13.8. The van der Waals surface area contributed by atoms with Gasteiger partial charge in [0.15, 0.2) is 6.10 Å². The molecule has 0 spiro atoms. The van der Waals surface area contributed by atoms with Crippen LogP contribution in [0.5, 0.6) is 0 Å². The predicted octanol–water partition coefficient (Wildman–Crippen LogP) is 8.87. The summed E-state index contributed by atoms with van der Waals surface area (Å²) in [6, 6.07) is 0. The largest absolute Gasteiger partial charge is 0.469 e. The van der Waals surface area contributed by atoms with E-state index in [0.29, 0.717) is 6.42 Å². The van der Waals surface area contributed by atoms with E-state index in [4.69, 9.17) is 19.3 Å².